The highest BCUT2D eigenvalue weighted by Crippen LogP contribution is 2.34. The van der Waals surface area contributed by atoms with Crippen LogP contribution in [0.5, 0.6) is 11.5 Å². The van der Waals surface area contributed by atoms with Gasteiger partial charge in [0.25, 0.3) is 0 Å². The lowest BCUT2D eigenvalue weighted by Gasteiger charge is -2.15. The van der Waals surface area contributed by atoms with Crippen LogP contribution in [-0.2, 0) is 6.61 Å². The summed E-state index contributed by atoms with van der Waals surface area (Å²) in [7, 11) is 0. The van der Waals surface area contributed by atoms with E-state index in [0.29, 0.717) is 25.7 Å². The average molecular weight is 361 g/mol. The Morgan fingerprint density at radius 2 is 1.48 bits per heavy atom. The van der Waals surface area contributed by atoms with Crippen molar-refractivity contribution in [2.45, 2.75) is 26.4 Å². The van der Waals surface area contributed by atoms with Crippen LogP contribution in [0.15, 0.2) is 72.8 Å². The molecule has 3 aromatic rings. The molecule has 0 bridgehead atoms. The number of benzene rings is 3. The molecular formula is C24H27NO2. The van der Waals surface area contributed by atoms with Gasteiger partial charge in [-0.2, -0.15) is 0 Å². The molecule has 3 aromatic carbocycles. The van der Waals surface area contributed by atoms with E-state index in [9.17, 15) is 0 Å². The molecule has 0 spiro atoms. The summed E-state index contributed by atoms with van der Waals surface area (Å²) >= 11 is 0. The second-order valence-corrected chi connectivity index (χ2v) is 6.85. The highest BCUT2D eigenvalue weighted by atomic mass is 16.5. The average Bonchev–Trinajstić information content (AvgIpc) is 2.72. The first-order chi connectivity index (χ1) is 13.2. The van der Waals surface area contributed by atoms with Gasteiger partial charge in [0.2, 0.25) is 0 Å². The highest BCUT2D eigenvalue weighted by molar-refractivity contribution is 5.67. The molecule has 3 nitrogen and oxygen atoms in total. The third-order valence-electron chi connectivity index (χ3n) is 4.47. The van der Waals surface area contributed by atoms with Gasteiger partial charge in [-0.1, -0.05) is 74.5 Å². The molecule has 0 aliphatic carbocycles. The van der Waals surface area contributed by atoms with Crippen LogP contribution in [-0.4, -0.2) is 13.2 Å². The molecule has 0 aliphatic heterocycles. The Hall–Kier alpha value is -2.78. The van der Waals surface area contributed by atoms with Crippen LogP contribution in [0.3, 0.4) is 0 Å². The van der Waals surface area contributed by atoms with Gasteiger partial charge in [-0.05, 0) is 40.3 Å². The van der Waals surface area contributed by atoms with Gasteiger partial charge in [0, 0.05) is 6.54 Å². The minimum Gasteiger partial charge on any atom is -0.488 e. The lowest BCUT2D eigenvalue weighted by molar-refractivity contribution is 0.266. The normalized spacial score (nSPS) is 10.8. The van der Waals surface area contributed by atoms with Gasteiger partial charge in [-0.15, -0.1) is 0 Å². The fourth-order valence-electron chi connectivity index (χ4n) is 2.88. The monoisotopic (exact) mass is 361 g/mol. The molecule has 0 atom stereocenters. The molecule has 0 aliphatic rings. The molecule has 2 N–H and O–H groups in total. The third kappa shape index (κ3) is 5.11. The van der Waals surface area contributed by atoms with Crippen molar-refractivity contribution in [3.05, 3.63) is 83.9 Å². The standard InChI is InChI=1S/C24H27NO2/c1-18(2)20-8-10-21(11-9-20)22-12-13-23(26-15-14-25)24(16-22)27-17-19-6-4-3-5-7-19/h3-13,16,18H,14-15,17,25H2,1-2H3. The molecule has 0 radical (unpaired) electrons. The quantitative estimate of drug-likeness (QED) is 0.585. The molecule has 27 heavy (non-hydrogen) atoms. The van der Waals surface area contributed by atoms with Crippen LogP contribution in [0.25, 0.3) is 11.1 Å². The maximum atomic E-state index is 6.08. The van der Waals surface area contributed by atoms with Crippen molar-refractivity contribution in [2.24, 2.45) is 5.73 Å². The van der Waals surface area contributed by atoms with E-state index in [2.05, 4.69) is 56.3 Å². The highest BCUT2D eigenvalue weighted by Gasteiger charge is 2.09. The molecule has 140 valence electrons. The minimum atomic E-state index is 0.462. The van der Waals surface area contributed by atoms with Crippen LogP contribution < -0.4 is 15.2 Å². The van der Waals surface area contributed by atoms with Crippen molar-refractivity contribution in [1.82, 2.24) is 0 Å². The Morgan fingerprint density at radius 1 is 0.778 bits per heavy atom. The van der Waals surface area contributed by atoms with Crippen LogP contribution in [0, 0.1) is 0 Å². The Kier molecular flexibility index (Phi) is 6.50. The Balaban J connectivity index is 1.85. The fourth-order valence-corrected chi connectivity index (χ4v) is 2.88. The zero-order valence-corrected chi connectivity index (χ0v) is 16.0. The summed E-state index contributed by atoms with van der Waals surface area (Å²) in [5.74, 6) is 1.98. The number of hydrogen-bond donors (Lipinski definition) is 1. The largest absolute Gasteiger partial charge is 0.488 e. The fraction of sp³-hybridized carbons (Fsp3) is 0.250. The molecule has 0 unspecified atom stereocenters. The molecular weight excluding hydrogens is 334 g/mol. The van der Waals surface area contributed by atoms with Gasteiger partial charge in [0.1, 0.15) is 13.2 Å². The first-order valence-corrected chi connectivity index (χ1v) is 9.41. The Morgan fingerprint density at radius 3 is 2.15 bits per heavy atom. The van der Waals surface area contributed by atoms with E-state index in [0.717, 1.165) is 28.2 Å². The molecule has 3 heteroatoms. The van der Waals surface area contributed by atoms with Crippen LogP contribution in [0.1, 0.15) is 30.9 Å². The van der Waals surface area contributed by atoms with Crippen molar-refractivity contribution in [3.63, 3.8) is 0 Å². The molecule has 0 saturated heterocycles. The van der Waals surface area contributed by atoms with E-state index in [-0.39, 0.29) is 0 Å². The molecule has 0 saturated carbocycles. The van der Waals surface area contributed by atoms with E-state index in [1.165, 1.54) is 5.56 Å². The number of hydrogen-bond acceptors (Lipinski definition) is 3. The summed E-state index contributed by atoms with van der Waals surface area (Å²) in [6, 6.07) is 24.9. The number of nitrogens with two attached hydrogens (primary N) is 1. The predicted molar refractivity (Wildman–Crippen MR) is 111 cm³/mol. The summed E-state index contributed by atoms with van der Waals surface area (Å²) in [6.07, 6.45) is 0. The summed E-state index contributed by atoms with van der Waals surface area (Å²) in [6.45, 7) is 5.83. The van der Waals surface area contributed by atoms with Gasteiger partial charge in [-0.25, -0.2) is 0 Å². The Labute approximate surface area is 161 Å². The van der Waals surface area contributed by atoms with E-state index >= 15 is 0 Å². The van der Waals surface area contributed by atoms with Crippen molar-refractivity contribution in [2.75, 3.05) is 13.2 Å². The number of rotatable bonds is 8. The maximum absolute atomic E-state index is 6.08. The van der Waals surface area contributed by atoms with Crippen molar-refractivity contribution in [1.29, 1.82) is 0 Å². The maximum Gasteiger partial charge on any atom is 0.162 e. The first-order valence-electron chi connectivity index (χ1n) is 9.41. The summed E-state index contributed by atoms with van der Waals surface area (Å²) in [4.78, 5) is 0. The minimum absolute atomic E-state index is 0.462. The molecule has 0 heterocycles. The number of ether oxygens (including phenoxy) is 2. The van der Waals surface area contributed by atoms with E-state index in [1.54, 1.807) is 0 Å². The SMILES string of the molecule is CC(C)c1ccc(-c2ccc(OCCN)c(OCc3ccccc3)c2)cc1. The van der Waals surface area contributed by atoms with Gasteiger partial charge >= 0.3 is 0 Å². The van der Waals surface area contributed by atoms with Crippen molar-refractivity contribution < 1.29 is 9.47 Å². The van der Waals surface area contributed by atoms with Gasteiger partial charge in [0.15, 0.2) is 11.5 Å². The third-order valence-corrected chi connectivity index (χ3v) is 4.47. The summed E-state index contributed by atoms with van der Waals surface area (Å²) < 4.78 is 11.8. The van der Waals surface area contributed by atoms with Gasteiger partial charge in [-0.3, -0.25) is 0 Å². The molecule has 0 aromatic heterocycles. The predicted octanol–water partition coefficient (Wildman–Crippen LogP) is 5.39. The van der Waals surface area contributed by atoms with E-state index in [1.807, 2.05) is 30.3 Å². The van der Waals surface area contributed by atoms with Crippen LogP contribution in [0.4, 0.5) is 0 Å². The second-order valence-electron chi connectivity index (χ2n) is 6.85. The van der Waals surface area contributed by atoms with Gasteiger partial charge in [0.05, 0.1) is 0 Å². The molecule has 0 fully saturated rings. The smallest absolute Gasteiger partial charge is 0.162 e. The molecule has 0 amide bonds. The van der Waals surface area contributed by atoms with Crippen molar-refractivity contribution in [3.8, 4) is 22.6 Å². The summed E-state index contributed by atoms with van der Waals surface area (Å²) in [5.41, 5.74) is 10.3. The lowest BCUT2D eigenvalue weighted by atomic mass is 9.98. The van der Waals surface area contributed by atoms with E-state index in [4.69, 9.17) is 15.2 Å². The van der Waals surface area contributed by atoms with Crippen LogP contribution >= 0.6 is 0 Å². The van der Waals surface area contributed by atoms with Crippen molar-refractivity contribution >= 4 is 0 Å². The molecule has 3 rings (SSSR count). The van der Waals surface area contributed by atoms with Crippen LogP contribution in [0.2, 0.25) is 0 Å². The first kappa shape index (κ1) is 19.0. The Bertz CT molecular complexity index is 842. The zero-order chi connectivity index (χ0) is 19.1. The lowest BCUT2D eigenvalue weighted by Crippen LogP contribution is -2.11. The van der Waals surface area contributed by atoms with Gasteiger partial charge < -0.3 is 15.2 Å². The topological polar surface area (TPSA) is 44.5 Å². The second kappa shape index (κ2) is 9.24. The summed E-state index contributed by atoms with van der Waals surface area (Å²) in [5, 5.41) is 0. The zero-order valence-electron chi connectivity index (χ0n) is 16.0. The van der Waals surface area contributed by atoms with E-state index < -0.39 is 0 Å².